The van der Waals surface area contributed by atoms with E-state index in [-0.39, 0.29) is 39.9 Å². The van der Waals surface area contributed by atoms with Gasteiger partial charge in [0, 0.05) is 40.0 Å². The van der Waals surface area contributed by atoms with E-state index >= 15 is 0 Å². The van der Waals surface area contributed by atoms with Crippen LogP contribution in [-0.4, -0.2) is 46.5 Å². The number of rotatable bonds is 5. The van der Waals surface area contributed by atoms with Crippen molar-refractivity contribution < 1.29 is 27.9 Å². The fraction of sp³-hybridized carbons (Fsp3) is 0.348. The second-order valence-corrected chi connectivity index (χ2v) is 10.1. The van der Waals surface area contributed by atoms with Gasteiger partial charge < -0.3 is 15.3 Å². The van der Waals surface area contributed by atoms with E-state index in [0.29, 0.717) is 34.0 Å². The highest BCUT2D eigenvalue weighted by molar-refractivity contribution is 8.14. The average molecular weight is 546 g/mol. The number of aliphatic hydroxyl groups is 1. The standard InChI is InChI=1S/C23H20Cl2F3N3O3S/c1-12-6-13(2-3-18(12)20(33)30-21-29-17(4-5-32)11-35-21)19-10-22(34-31-19,23(26,27)28)14-7-15(24)9-16(25)8-14/h2-3,6-9,17,32H,4-5,10-11H2,1H3,(H,29,30,33). The Hall–Kier alpha value is -2.27. The van der Waals surface area contributed by atoms with Crippen LogP contribution in [0, 0.1) is 6.92 Å². The number of benzene rings is 2. The van der Waals surface area contributed by atoms with E-state index in [0.717, 1.165) is 12.1 Å². The van der Waals surface area contributed by atoms with Crippen LogP contribution in [0.25, 0.3) is 0 Å². The van der Waals surface area contributed by atoms with Gasteiger partial charge in [-0.05, 0) is 54.8 Å². The number of nitrogens with zero attached hydrogens (tertiary/aromatic N) is 2. The first-order valence-corrected chi connectivity index (χ1v) is 12.3. The summed E-state index contributed by atoms with van der Waals surface area (Å²) in [5, 5.41) is 16.1. The van der Waals surface area contributed by atoms with E-state index < -0.39 is 18.2 Å². The Morgan fingerprint density at radius 3 is 2.60 bits per heavy atom. The number of nitrogens with one attached hydrogen (secondary N) is 1. The second-order valence-electron chi connectivity index (χ2n) is 8.18. The van der Waals surface area contributed by atoms with Crippen LogP contribution in [0.4, 0.5) is 13.2 Å². The third kappa shape index (κ3) is 5.30. The number of thioether (sulfide) groups is 1. The van der Waals surface area contributed by atoms with Crippen LogP contribution in [0.2, 0.25) is 10.0 Å². The molecule has 2 aliphatic rings. The first-order valence-electron chi connectivity index (χ1n) is 10.5. The summed E-state index contributed by atoms with van der Waals surface area (Å²) >= 11 is 13.3. The molecule has 2 N–H and O–H groups in total. The SMILES string of the molecule is Cc1cc(C2=NOC(c3cc(Cl)cc(Cl)c3)(C(F)(F)F)C2)ccc1C(=O)NC1=NC(CCO)CS1. The number of carbonyl (C=O) groups excluding carboxylic acids is 1. The molecule has 2 heterocycles. The van der Waals surface area contributed by atoms with Gasteiger partial charge in [-0.15, -0.1) is 0 Å². The number of amides is 1. The van der Waals surface area contributed by atoms with Crippen LogP contribution in [0.3, 0.4) is 0 Å². The first-order chi connectivity index (χ1) is 16.5. The molecule has 0 spiro atoms. The maximum atomic E-state index is 14.2. The molecule has 1 amide bonds. The Morgan fingerprint density at radius 1 is 1.26 bits per heavy atom. The minimum Gasteiger partial charge on any atom is -0.396 e. The minimum atomic E-state index is -4.80. The maximum Gasteiger partial charge on any atom is 0.435 e. The van der Waals surface area contributed by atoms with Gasteiger partial charge in [-0.3, -0.25) is 9.79 Å². The van der Waals surface area contributed by atoms with Gasteiger partial charge in [0.05, 0.1) is 11.8 Å². The van der Waals surface area contributed by atoms with Gasteiger partial charge in [0.15, 0.2) is 5.17 Å². The van der Waals surface area contributed by atoms with Crippen molar-refractivity contribution in [2.45, 2.75) is 37.6 Å². The number of carbonyl (C=O) groups is 1. The van der Waals surface area contributed by atoms with Gasteiger partial charge >= 0.3 is 6.18 Å². The smallest absolute Gasteiger partial charge is 0.396 e. The molecule has 2 atom stereocenters. The molecule has 2 aliphatic heterocycles. The molecule has 12 heteroatoms. The van der Waals surface area contributed by atoms with Crippen molar-refractivity contribution in [1.29, 1.82) is 0 Å². The van der Waals surface area contributed by atoms with Crippen molar-refractivity contribution in [1.82, 2.24) is 5.32 Å². The number of aliphatic hydroxyl groups excluding tert-OH is 1. The van der Waals surface area contributed by atoms with Crippen LogP contribution < -0.4 is 5.32 Å². The highest BCUT2D eigenvalue weighted by Gasteiger charge is 2.62. The Morgan fingerprint density at radius 2 is 1.97 bits per heavy atom. The molecule has 186 valence electrons. The molecule has 0 aromatic heterocycles. The van der Waals surface area contributed by atoms with Crippen LogP contribution in [0.15, 0.2) is 46.5 Å². The molecular formula is C23H20Cl2F3N3O3S. The lowest BCUT2D eigenvalue weighted by atomic mass is 9.86. The number of alkyl halides is 3. The molecule has 4 rings (SSSR count). The zero-order chi connectivity index (χ0) is 25.4. The van der Waals surface area contributed by atoms with E-state index in [1.807, 2.05) is 0 Å². The topological polar surface area (TPSA) is 83.3 Å². The Balaban J connectivity index is 1.55. The molecule has 0 saturated heterocycles. The fourth-order valence-electron chi connectivity index (χ4n) is 3.89. The van der Waals surface area contributed by atoms with Crippen LogP contribution >= 0.6 is 35.0 Å². The van der Waals surface area contributed by atoms with Gasteiger partial charge in [0.1, 0.15) is 0 Å². The van der Waals surface area contributed by atoms with Crippen molar-refractivity contribution in [2.75, 3.05) is 12.4 Å². The highest BCUT2D eigenvalue weighted by Crippen LogP contribution is 2.49. The van der Waals surface area contributed by atoms with Crippen molar-refractivity contribution in [3.63, 3.8) is 0 Å². The van der Waals surface area contributed by atoms with E-state index in [2.05, 4.69) is 15.5 Å². The summed E-state index contributed by atoms with van der Waals surface area (Å²) in [6.45, 7) is 1.70. The monoisotopic (exact) mass is 545 g/mol. The Bertz CT molecular complexity index is 1200. The molecule has 0 saturated carbocycles. The number of aryl methyl sites for hydroxylation is 1. The molecule has 0 radical (unpaired) electrons. The van der Waals surface area contributed by atoms with Gasteiger partial charge in [0.25, 0.3) is 11.5 Å². The number of aliphatic imine (C=N–C) groups is 1. The van der Waals surface area contributed by atoms with Gasteiger partial charge in [0.2, 0.25) is 0 Å². The van der Waals surface area contributed by atoms with E-state index in [1.54, 1.807) is 13.0 Å². The summed E-state index contributed by atoms with van der Waals surface area (Å²) in [4.78, 5) is 22.1. The van der Waals surface area contributed by atoms with Crippen molar-refractivity contribution in [2.24, 2.45) is 10.1 Å². The van der Waals surface area contributed by atoms with Gasteiger partial charge in [-0.25, -0.2) is 0 Å². The van der Waals surface area contributed by atoms with E-state index in [1.165, 1.54) is 30.0 Å². The molecule has 2 aromatic rings. The number of amidine groups is 1. The summed E-state index contributed by atoms with van der Waals surface area (Å²) in [5.74, 6) is 0.292. The van der Waals surface area contributed by atoms with Crippen LogP contribution in [-0.2, 0) is 10.4 Å². The van der Waals surface area contributed by atoms with Gasteiger partial charge in [-0.1, -0.05) is 46.2 Å². The normalized spacial score (nSPS) is 22.0. The lowest BCUT2D eigenvalue weighted by molar-refractivity contribution is -0.275. The lowest BCUT2D eigenvalue weighted by Gasteiger charge is -2.29. The summed E-state index contributed by atoms with van der Waals surface area (Å²) in [6.07, 6.45) is -4.86. The molecule has 0 bridgehead atoms. The maximum absolute atomic E-state index is 14.2. The number of hydrogen-bond acceptors (Lipinski definition) is 6. The quantitative estimate of drug-likeness (QED) is 0.522. The second kappa shape index (κ2) is 10.0. The average Bonchev–Trinajstić information content (AvgIpc) is 3.41. The first kappa shape index (κ1) is 25.8. The molecule has 2 unspecified atom stereocenters. The molecule has 0 fully saturated rings. The Kier molecular flexibility index (Phi) is 7.38. The zero-order valence-electron chi connectivity index (χ0n) is 18.3. The largest absolute Gasteiger partial charge is 0.435 e. The predicted molar refractivity (Wildman–Crippen MR) is 130 cm³/mol. The van der Waals surface area contributed by atoms with Crippen LogP contribution in [0.5, 0.6) is 0 Å². The lowest BCUT2D eigenvalue weighted by Crippen LogP contribution is -2.42. The summed E-state index contributed by atoms with van der Waals surface area (Å²) in [5.41, 5.74) is -1.60. The molecular weight excluding hydrogens is 526 g/mol. The van der Waals surface area contributed by atoms with E-state index in [9.17, 15) is 18.0 Å². The summed E-state index contributed by atoms with van der Waals surface area (Å²) in [7, 11) is 0. The molecule has 35 heavy (non-hydrogen) atoms. The van der Waals surface area contributed by atoms with Crippen LogP contribution in [0.1, 0.15) is 39.9 Å². The number of oxime groups is 1. The third-order valence-corrected chi connectivity index (χ3v) is 7.18. The van der Waals surface area contributed by atoms with Crippen molar-refractivity contribution in [3.05, 3.63) is 68.7 Å². The van der Waals surface area contributed by atoms with Gasteiger partial charge in [-0.2, -0.15) is 13.2 Å². The number of halogens is 5. The highest BCUT2D eigenvalue weighted by atomic mass is 35.5. The van der Waals surface area contributed by atoms with E-state index in [4.69, 9.17) is 33.1 Å². The van der Waals surface area contributed by atoms with Crippen molar-refractivity contribution >= 4 is 51.8 Å². The summed E-state index contributed by atoms with van der Waals surface area (Å²) in [6, 6.07) is 8.25. The fourth-order valence-corrected chi connectivity index (χ4v) is 5.39. The third-order valence-electron chi connectivity index (χ3n) is 5.71. The minimum absolute atomic E-state index is 0.0180. The van der Waals surface area contributed by atoms with Crippen molar-refractivity contribution in [3.8, 4) is 0 Å². The number of hydrogen-bond donors (Lipinski definition) is 2. The molecule has 2 aromatic carbocycles. The predicted octanol–water partition coefficient (Wildman–Crippen LogP) is 5.47. The Labute approximate surface area is 213 Å². The molecule has 0 aliphatic carbocycles. The zero-order valence-corrected chi connectivity index (χ0v) is 20.7. The summed E-state index contributed by atoms with van der Waals surface area (Å²) < 4.78 is 42.6. The molecule has 6 nitrogen and oxygen atoms in total.